The second kappa shape index (κ2) is 5.73. The van der Waals surface area contributed by atoms with Crippen LogP contribution in [-0.2, 0) is 13.1 Å². The molecule has 0 amide bonds. The molecule has 0 unspecified atom stereocenters. The van der Waals surface area contributed by atoms with Crippen LogP contribution in [0.2, 0.25) is 0 Å². The van der Waals surface area contributed by atoms with Gasteiger partial charge in [-0.05, 0) is 26.8 Å². The molecule has 0 aliphatic rings. The molecule has 0 fully saturated rings. The van der Waals surface area contributed by atoms with Crippen molar-refractivity contribution in [1.82, 2.24) is 25.1 Å². The van der Waals surface area contributed by atoms with Crippen LogP contribution in [0.15, 0.2) is 24.7 Å². The number of aromatic nitrogens is 4. The molecule has 5 heteroatoms. The van der Waals surface area contributed by atoms with Crippen LogP contribution in [0.5, 0.6) is 0 Å². The minimum absolute atomic E-state index is 0.404. The van der Waals surface area contributed by atoms with Gasteiger partial charge in [0.2, 0.25) is 0 Å². The van der Waals surface area contributed by atoms with E-state index in [2.05, 4.69) is 34.2 Å². The second-order valence-electron chi connectivity index (χ2n) is 4.63. The fourth-order valence-corrected chi connectivity index (χ4v) is 1.59. The Labute approximate surface area is 107 Å². The normalized spacial score (nSPS) is 11.1. The van der Waals surface area contributed by atoms with Gasteiger partial charge < -0.3 is 5.32 Å². The molecular weight excluding hydrogens is 226 g/mol. The van der Waals surface area contributed by atoms with E-state index in [0.29, 0.717) is 12.6 Å². The van der Waals surface area contributed by atoms with Crippen molar-refractivity contribution in [2.45, 2.75) is 39.9 Å². The first-order chi connectivity index (χ1) is 8.65. The van der Waals surface area contributed by atoms with Crippen molar-refractivity contribution in [1.29, 1.82) is 0 Å². The molecule has 1 N–H and O–H groups in total. The van der Waals surface area contributed by atoms with Gasteiger partial charge in [-0.15, -0.1) is 0 Å². The lowest BCUT2D eigenvalue weighted by molar-refractivity contribution is 0.521. The molecular formula is C13H19N5. The van der Waals surface area contributed by atoms with E-state index in [4.69, 9.17) is 0 Å². The monoisotopic (exact) mass is 245 g/mol. The van der Waals surface area contributed by atoms with Gasteiger partial charge in [-0.25, -0.2) is 0 Å². The maximum Gasteiger partial charge on any atom is 0.0762 e. The highest BCUT2D eigenvalue weighted by Crippen LogP contribution is 2.04. The van der Waals surface area contributed by atoms with Crippen molar-refractivity contribution in [3.05, 3.63) is 41.7 Å². The molecule has 18 heavy (non-hydrogen) atoms. The molecule has 2 aromatic heterocycles. The molecule has 0 atom stereocenters. The number of hydrogen-bond donors (Lipinski definition) is 1. The van der Waals surface area contributed by atoms with Gasteiger partial charge in [-0.3, -0.25) is 14.6 Å². The van der Waals surface area contributed by atoms with E-state index in [1.54, 1.807) is 12.4 Å². The van der Waals surface area contributed by atoms with Crippen LogP contribution in [0.25, 0.3) is 0 Å². The van der Waals surface area contributed by atoms with Gasteiger partial charge in [0.1, 0.15) is 0 Å². The summed E-state index contributed by atoms with van der Waals surface area (Å²) >= 11 is 0. The van der Waals surface area contributed by atoms with E-state index in [-0.39, 0.29) is 0 Å². The Bertz CT molecular complexity index is 486. The van der Waals surface area contributed by atoms with Gasteiger partial charge in [-0.1, -0.05) is 0 Å². The summed E-state index contributed by atoms with van der Waals surface area (Å²) in [6.07, 6.45) is 5.59. The summed E-state index contributed by atoms with van der Waals surface area (Å²) in [5.74, 6) is 0. The third kappa shape index (κ3) is 3.37. The topological polar surface area (TPSA) is 55.6 Å². The van der Waals surface area contributed by atoms with Crippen LogP contribution in [0.4, 0.5) is 0 Å². The third-order valence-corrected chi connectivity index (χ3v) is 2.64. The highest BCUT2D eigenvalue weighted by molar-refractivity contribution is 5.02. The first-order valence-corrected chi connectivity index (χ1v) is 6.17. The van der Waals surface area contributed by atoms with E-state index in [1.807, 2.05) is 23.9 Å². The van der Waals surface area contributed by atoms with Crippen molar-refractivity contribution >= 4 is 0 Å². The first kappa shape index (κ1) is 12.7. The van der Waals surface area contributed by atoms with Crippen molar-refractivity contribution in [3.63, 3.8) is 0 Å². The van der Waals surface area contributed by atoms with Crippen LogP contribution in [-0.4, -0.2) is 19.7 Å². The smallest absolute Gasteiger partial charge is 0.0762 e. The fraction of sp³-hybridized carbons (Fsp3) is 0.462. The summed E-state index contributed by atoms with van der Waals surface area (Å²) in [6.45, 7) is 7.62. The Morgan fingerprint density at radius 2 is 1.94 bits per heavy atom. The molecule has 0 saturated heterocycles. The standard InChI is InChI=1S/C13H19N5/c1-10(2)18-5-4-12(17-18)7-14-8-13-9-15-11(3)6-16-13/h4-6,9-10,14H,7-8H2,1-3H3. The van der Waals surface area contributed by atoms with Crippen LogP contribution in [0.1, 0.15) is 37.0 Å². The van der Waals surface area contributed by atoms with Crippen molar-refractivity contribution in [2.75, 3.05) is 0 Å². The fourth-order valence-electron chi connectivity index (χ4n) is 1.59. The Hall–Kier alpha value is -1.75. The predicted molar refractivity (Wildman–Crippen MR) is 69.9 cm³/mol. The van der Waals surface area contributed by atoms with Crippen LogP contribution < -0.4 is 5.32 Å². The second-order valence-corrected chi connectivity index (χ2v) is 4.63. The van der Waals surface area contributed by atoms with Crippen molar-refractivity contribution in [2.24, 2.45) is 0 Å². The minimum Gasteiger partial charge on any atom is -0.305 e. The van der Waals surface area contributed by atoms with Gasteiger partial charge in [0, 0.05) is 37.7 Å². The average Bonchev–Trinajstić information content (AvgIpc) is 2.81. The molecule has 0 bridgehead atoms. The zero-order chi connectivity index (χ0) is 13.0. The zero-order valence-corrected chi connectivity index (χ0v) is 11.1. The number of rotatable bonds is 5. The van der Waals surface area contributed by atoms with Gasteiger partial charge >= 0.3 is 0 Å². The van der Waals surface area contributed by atoms with E-state index in [0.717, 1.165) is 23.6 Å². The highest BCUT2D eigenvalue weighted by Gasteiger charge is 2.02. The van der Waals surface area contributed by atoms with E-state index >= 15 is 0 Å². The summed E-state index contributed by atoms with van der Waals surface area (Å²) in [4.78, 5) is 8.50. The van der Waals surface area contributed by atoms with Crippen molar-refractivity contribution < 1.29 is 0 Å². The van der Waals surface area contributed by atoms with Gasteiger partial charge in [0.25, 0.3) is 0 Å². The summed E-state index contributed by atoms with van der Waals surface area (Å²) in [5.41, 5.74) is 2.93. The summed E-state index contributed by atoms with van der Waals surface area (Å²) in [5, 5.41) is 7.78. The molecule has 2 heterocycles. The summed E-state index contributed by atoms with van der Waals surface area (Å²) in [6, 6.07) is 2.44. The molecule has 0 aliphatic carbocycles. The number of nitrogens with zero attached hydrogens (tertiary/aromatic N) is 4. The van der Waals surface area contributed by atoms with E-state index in [1.165, 1.54) is 0 Å². The summed E-state index contributed by atoms with van der Waals surface area (Å²) < 4.78 is 1.96. The Morgan fingerprint density at radius 1 is 1.17 bits per heavy atom. The Balaban J connectivity index is 1.82. The molecule has 0 spiro atoms. The molecule has 96 valence electrons. The predicted octanol–water partition coefficient (Wildman–Crippen LogP) is 1.85. The van der Waals surface area contributed by atoms with E-state index in [9.17, 15) is 0 Å². The molecule has 0 aliphatic heterocycles. The quantitative estimate of drug-likeness (QED) is 0.873. The third-order valence-electron chi connectivity index (χ3n) is 2.64. The van der Waals surface area contributed by atoms with Crippen LogP contribution in [0.3, 0.4) is 0 Å². The Morgan fingerprint density at radius 3 is 2.56 bits per heavy atom. The van der Waals surface area contributed by atoms with Gasteiger partial charge in [0.15, 0.2) is 0 Å². The molecule has 2 rings (SSSR count). The SMILES string of the molecule is Cc1cnc(CNCc2ccn(C(C)C)n2)cn1. The molecule has 0 radical (unpaired) electrons. The van der Waals surface area contributed by atoms with Crippen LogP contribution >= 0.6 is 0 Å². The van der Waals surface area contributed by atoms with Gasteiger partial charge in [0.05, 0.1) is 17.1 Å². The number of nitrogens with one attached hydrogen (secondary N) is 1. The lowest BCUT2D eigenvalue weighted by atomic mass is 10.4. The first-order valence-electron chi connectivity index (χ1n) is 6.17. The maximum absolute atomic E-state index is 4.47. The van der Waals surface area contributed by atoms with Crippen molar-refractivity contribution in [3.8, 4) is 0 Å². The van der Waals surface area contributed by atoms with Gasteiger partial charge in [-0.2, -0.15) is 5.10 Å². The lowest BCUT2D eigenvalue weighted by Gasteiger charge is -2.04. The molecule has 2 aromatic rings. The minimum atomic E-state index is 0.404. The summed E-state index contributed by atoms with van der Waals surface area (Å²) in [7, 11) is 0. The van der Waals surface area contributed by atoms with E-state index < -0.39 is 0 Å². The molecule has 0 saturated carbocycles. The number of aryl methyl sites for hydroxylation is 1. The largest absolute Gasteiger partial charge is 0.305 e. The lowest BCUT2D eigenvalue weighted by Crippen LogP contribution is -2.15. The zero-order valence-electron chi connectivity index (χ0n) is 11.1. The number of hydrogen-bond acceptors (Lipinski definition) is 4. The van der Waals surface area contributed by atoms with Crippen LogP contribution in [0, 0.1) is 6.92 Å². The average molecular weight is 245 g/mol. The Kier molecular flexibility index (Phi) is 4.04. The molecule has 5 nitrogen and oxygen atoms in total. The maximum atomic E-state index is 4.47. The molecule has 0 aromatic carbocycles. The highest BCUT2D eigenvalue weighted by atomic mass is 15.3.